The standard InChI is InChI=1S/C15H16Cl2N2/c1-19(2)12-6-3-10(4-7-12)15(18)13-8-5-11(16)9-14(13)17/h3-9,15H,18H2,1-2H3. The molecule has 2 aromatic rings. The Bertz CT molecular complexity index is 565. The van der Waals surface area contributed by atoms with Gasteiger partial charge in [0.05, 0.1) is 6.04 Å². The third-order valence-electron chi connectivity index (χ3n) is 3.07. The topological polar surface area (TPSA) is 29.3 Å². The molecule has 4 heteroatoms. The molecule has 0 fully saturated rings. The van der Waals surface area contributed by atoms with Crippen molar-refractivity contribution in [2.45, 2.75) is 6.04 Å². The van der Waals surface area contributed by atoms with Gasteiger partial charge in [0, 0.05) is 29.8 Å². The van der Waals surface area contributed by atoms with Gasteiger partial charge in [-0.2, -0.15) is 0 Å². The highest BCUT2D eigenvalue weighted by Crippen LogP contribution is 2.29. The molecule has 0 spiro atoms. The normalized spacial score (nSPS) is 12.3. The summed E-state index contributed by atoms with van der Waals surface area (Å²) in [5.74, 6) is 0. The van der Waals surface area contributed by atoms with Gasteiger partial charge in [0.1, 0.15) is 0 Å². The highest BCUT2D eigenvalue weighted by atomic mass is 35.5. The van der Waals surface area contributed by atoms with Crippen molar-refractivity contribution in [2.75, 3.05) is 19.0 Å². The number of nitrogens with two attached hydrogens (primary N) is 1. The van der Waals surface area contributed by atoms with Crippen molar-refractivity contribution >= 4 is 28.9 Å². The fourth-order valence-electron chi connectivity index (χ4n) is 1.91. The van der Waals surface area contributed by atoms with Crippen LogP contribution in [0.1, 0.15) is 17.2 Å². The summed E-state index contributed by atoms with van der Waals surface area (Å²) in [4.78, 5) is 2.05. The van der Waals surface area contributed by atoms with Crippen LogP contribution in [0.4, 0.5) is 5.69 Å². The molecule has 2 rings (SSSR count). The Morgan fingerprint density at radius 3 is 2.16 bits per heavy atom. The summed E-state index contributed by atoms with van der Waals surface area (Å²) in [6.07, 6.45) is 0. The van der Waals surface area contributed by atoms with Gasteiger partial charge in [-0.25, -0.2) is 0 Å². The average molecular weight is 295 g/mol. The molecular weight excluding hydrogens is 279 g/mol. The number of benzene rings is 2. The lowest BCUT2D eigenvalue weighted by molar-refractivity contribution is 0.871. The number of nitrogens with zero attached hydrogens (tertiary/aromatic N) is 1. The molecule has 2 aromatic carbocycles. The molecule has 0 amide bonds. The predicted molar refractivity (Wildman–Crippen MR) is 83.3 cm³/mol. The van der Waals surface area contributed by atoms with E-state index in [-0.39, 0.29) is 6.04 Å². The third-order valence-corrected chi connectivity index (χ3v) is 3.63. The van der Waals surface area contributed by atoms with Crippen LogP contribution in [0.15, 0.2) is 42.5 Å². The number of hydrogen-bond donors (Lipinski definition) is 1. The van der Waals surface area contributed by atoms with Gasteiger partial charge < -0.3 is 10.6 Å². The maximum atomic E-state index is 6.25. The van der Waals surface area contributed by atoms with Gasteiger partial charge in [-0.15, -0.1) is 0 Å². The molecule has 0 aliphatic rings. The largest absolute Gasteiger partial charge is 0.378 e. The van der Waals surface area contributed by atoms with E-state index in [9.17, 15) is 0 Å². The Balaban J connectivity index is 2.30. The highest BCUT2D eigenvalue weighted by Gasteiger charge is 2.12. The Hall–Kier alpha value is -1.22. The fraction of sp³-hybridized carbons (Fsp3) is 0.200. The van der Waals surface area contributed by atoms with E-state index in [1.54, 1.807) is 12.1 Å². The summed E-state index contributed by atoms with van der Waals surface area (Å²) in [6, 6.07) is 13.3. The lowest BCUT2D eigenvalue weighted by atomic mass is 9.99. The number of halogens is 2. The summed E-state index contributed by atoms with van der Waals surface area (Å²) >= 11 is 12.1. The maximum Gasteiger partial charge on any atom is 0.0566 e. The molecule has 0 bridgehead atoms. The van der Waals surface area contributed by atoms with Crippen molar-refractivity contribution in [3.05, 3.63) is 63.6 Å². The summed E-state index contributed by atoms with van der Waals surface area (Å²) in [7, 11) is 4.01. The van der Waals surface area contributed by atoms with Gasteiger partial charge in [0.15, 0.2) is 0 Å². The first-order chi connectivity index (χ1) is 8.99. The minimum absolute atomic E-state index is 0.249. The van der Waals surface area contributed by atoms with Crippen LogP contribution in [0.2, 0.25) is 10.0 Å². The van der Waals surface area contributed by atoms with Crippen molar-refractivity contribution in [2.24, 2.45) is 5.73 Å². The van der Waals surface area contributed by atoms with Crippen LogP contribution in [-0.4, -0.2) is 14.1 Å². The van der Waals surface area contributed by atoms with Gasteiger partial charge in [0.2, 0.25) is 0 Å². The van der Waals surface area contributed by atoms with Crippen molar-refractivity contribution in [3.63, 3.8) is 0 Å². The van der Waals surface area contributed by atoms with Crippen LogP contribution in [0, 0.1) is 0 Å². The second kappa shape index (κ2) is 5.83. The number of anilines is 1. The maximum absolute atomic E-state index is 6.25. The van der Waals surface area contributed by atoms with E-state index < -0.39 is 0 Å². The van der Waals surface area contributed by atoms with Crippen molar-refractivity contribution in [3.8, 4) is 0 Å². The second-order valence-electron chi connectivity index (χ2n) is 4.63. The zero-order chi connectivity index (χ0) is 14.0. The molecule has 0 aliphatic heterocycles. The van der Waals surface area contributed by atoms with Crippen LogP contribution < -0.4 is 10.6 Å². The van der Waals surface area contributed by atoms with Crippen LogP contribution in [0.3, 0.4) is 0 Å². The van der Waals surface area contributed by atoms with Crippen LogP contribution in [0.5, 0.6) is 0 Å². The number of rotatable bonds is 3. The summed E-state index contributed by atoms with van der Waals surface area (Å²) in [6.45, 7) is 0. The number of hydrogen-bond acceptors (Lipinski definition) is 2. The zero-order valence-electron chi connectivity index (χ0n) is 10.9. The molecule has 0 aliphatic carbocycles. The Morgan fingerprint density at radius 2 is 1.63 bits per heavy atom. The van der Waals surface area contributed by atoms with Gasteiger partial charge in [-0.1, -0.05) is 41.4 Å². The summed E-state index contributed by atoms with van der Waals surface area (Å²) in [5.41, 5.74) is 9.29. The lowest BCUT2D eigenvalue weighted by Gasteiger charge is -2.17. The molecule has 0 radical (unpaired) electrons. The van der Waals surface area contributed by atoms with Crippen LogP contribution >= 0.6 is 23.2 Å². The quantitative estimate of drug-likeness (QED) is 0.923. The molecule has 0 saturated carbocycles. The van der Waals surface area contributed by atoms with E-state index in [4.69, 9.17) is 28.9 Å². The van der Waals surface area contributed by atoms with Crippen LogP contribution in [-0.2, 0) is 0 Å². The first kappa shape index (κ1) is 14.2. The van der Waals surface area contributed by atoms with E-state index in [1.807, 2.05) is 49.3 Å². The van der Waals surface area contributed by atoms with Crippen LogP contribution in [0.25, 0.3) is 0 Å². The summed E-state index contributed by atoms with van der Waals surface area (Å²) < 4.78 is 0. The van der Waals surface area contributed by atoms with Gasteiger partial charge >= 0.3 is 0 Å². The molecule has 2 nitrogen and oxygen atoms in total. The van der Waals surface area contributed by atoms with Gasteiger partial charge in [-0.3, -0.25) is 0 Å². The van der Waals surface area contributed by atoms with Gasteiger partial charge in [-0.05, 0) is 35.4 Å². The fourth-order valence-corrected chi connectivity index (χ4v) is 2.44. The van der Waals surface area contributed by atoms with Crippen molar-refractivity contribution in [1.82, 2.24) is 0 Å². The second-order valence-corrected chi connectivity index (χ2v) is 5.47. The molecule has 19 heavy (non-hydrogen) atoms. The van der Waals surface area contributed by atoms with E-state index in [1.165, 1.54) is 0 Å². The monoisotopic (exact) mass is 294 g/mol. The van der Waals surface area contributed by atoms with Crippen molar-refractivity contribution < 1.29 is 0 Å². The first-order valence-corrected chi connectivity index (χ1v) is 6.72. The predicted octanol–water partition coefficient (Wildman–Crippen LogP) is 4.11. The Labute approximate surface area is 123 Å². The first-order valence-electron chi connectivity index (χ1n) is 5.97. The lowest BCUT2D eigenvalue weighted by Crippen LogP contribution is -2.13. The van der Waals surface area contributed by atoms with E-state index in [2.05, 4.69) is 0 Å². The smallest absolute Gasteiger partial charge is 0.0566 e. The summed E-state index contributed by atoms with van der Waals surface area (Å²) in [5, 5.41) is 1.21. The Kier molecular flexibility index (Phi) is 4.35. The minimum atomic E-state index is -0.249. The molecule has 1 atom stereocenters. The molecule has 100 valence electrons. The zero-order valence-corrected chi connectivity index (χ0v) is 12.4. The molecule has 0 saturated heterocycles. The average Bonchev–Trinajstić information content (AvgIpc) is 2.38. The molecule has 0 heterocycles. The van der Waals surface area contributed by atoms with E-state index >= 15 is 0 Å². The van der Waals surface area contributed by atoms with Crippen molar-refractivity contribution in [1.29, 1.82) is 0 Å². The van der Waals surface area contributed by atoms with E-state index in [0.717, 1.165) is 16.8 Å². The third kappa shape index (κ3) is 3.21. The molecular formula is C15H16Cl2N2. The van der Waals surface area contributed by atoms with Gasteiger partial charge in [0.25, 0.3) is 0 Å². The highest BCUT2D eigenvalue weighted by molar-refractivity contribution is 6.35. The minimum Gasteiger partial charge on any atom is -0.378 e. The molecule has 2 N–H and O–H groups in total. The molecule has 0 aromatic heterocycles. The molecule has 1 unspecified atom stereocenters. The SMILES string of the molecule is CN(C)c1ccc(C(N)c2ccc(Cl)cc2Cl)cc1. The van der Waals surface area contributed by atoms with E-state index in [0.29, 0.717) is 10.0 Å². The Morgan fingerprint density at radius 1 is 1.00 bits per heavy atom.